The van der Waals surface area contributed by atoms with Gasteiger partial charge in [-0.25, -0.2) is 0 Å². The van der Waals surface area contributed by atoms with Crippen LogP contribution in [0.4, 0.5) is 0 Å². The molecule has 2 aliphatic rings. The monoisotopic (exact) mass is 224 g/mol. The molecule has 0 spiro atoms. The molecule has 0 bridgehead atoms. The molecule has 0 radical (unpaired) electrons. The molecule has 0 aromatic carbocycles. The van der Waals surface area contributed by atoms with Gasteiger partial charge in [0, 0.05) is 6.54 Å². The third-order valence-electron chi connectivity index (χ3n) is 4.98. The summed E-state index contributed by atoms with van der Waals surface area (Å²) < 4.78 is 0. The lowest BCUT2D eigenvalue weighted by Crippen LogP contribution is -2.36. The standard InChI is InChI=1S/C14H28N2/c1-2-14(7-8-14)11-16-10-13-6-4-3-5-12(13)9-15/h12-13,16H,2-11,15H2,1H3. The van der Waals surface area contributed by atoms with Crippen molar-refractivity contribution < 1.29 is 0 Å². The van der Waals surface area contributed by atoms with E-state index in [9.17, 15) is 0 Å². The molecule has 0 saturated heterocycles. The Balaban J connectivity index is 1.68. The minimum Gasteiger partial charge on any atom is -0.330 e. The van der Waals surface area contributed by atoms with Gasteiger partial charge in [0.25, 0.3) is 0 Å². The number of hydrogen-bond acceptors (Lipinski definition) is 2. The fraction of sp³-hybridized carbons (Fsp3) is 1.00. The third kappa shape index (κ3) is 2.98. The lowest BCUT2D eigenvalue weighted by Gasteiger charge is -2.31. The minimum absolute atomic E-state index is 0.687. The molecule has 0 aliphatic heterocycles. The summed E-state index contributed by atoms with van der Waals surface area (Å²) >= 11 is 0. The number of hydrogen-bond donors (Lipinski definition) is 2. The van der Waals surface area contributed by atoms with E-state index in [0.717, 1.165) is 18.4 Å². The summed E-state index contributed by atoms with van der Waals surface area (Å²) in [7, 11) is 0. The molecule has 2 heteroatoms. The third-order valence-corrected chi connectivity index (χ3v) is 4.98. The first-order valence-electron chi connectivity index (χ1n) is 7.20. The van der Waals surface area contributed by atoms with Crippen molar-refractivity contribution in [1.82, 2.24) is 5.32 Å². The maximum absolute atomic E-state index is 5.86. The molecule has 2 atom stereocenters. The van der Waals surface area contributed by atoms with Crippen molar-refractivity contribution in [1.29, 1.82) is 0 Å². The average Bonchev–Trinajstić information content (AvgIpc) is 3.10. The lowest BCUT2D eigenvalue weighted by atomic mass is 9.79. The van der Waals surface area contributed by atoms with E-state index in [-0.39, 0.29) is 0 Å². The van der Waals surface area contributed by atoms with Crippen molar-refractivity contribution in [2.24, 2.45) is 23.0 Å². The summed E-state index contributed by atoms with van der Waals surface area (Å²) in [4.78, 5) is 0. The van der Waals surface area contributed by atoms with Crippen LogP contribution in [0.3, 0.4) is 0 Å². The molecule has 0 aromatic rings. The second-order valence-corrected chi connectivity index (χ2v) is 6.02. The minimum atomic E-state index is 0.687. The van der Waals surface area contributed by atoms with E-state index in [1.165, 1.54) is 58.0 Å². The van der Waals surface area contributed by atoms with Crippen molar-refractivity contribution in [2.45, 2.75) is 51.9 Å². The highest BCUT2D eigenvalue weighted by Gasteiger charge is 2.40. The summed E-state index contributed by atoms with van der Waals surface area (Å²) in [6.45, 7) is 5.68. The van der Waals surface area contributed by atoms with E-state index in [4.69, 9.17) is 5.73 Å². The van der Waals surface area contributed by atoms with Gasteiger partial charge >= 0.3 is 0 Å². The molecule has 94 valence electrons. The molecule has 2 rings (SSSR count). The Kier molecular flexibility index (Phi) is 4.26. The van der Waals surface area contributed by atoms with Crippen LogP contribution in [-0.2, 0) is 0 Å². The fourth-order valence-corrected chi connectivity index (χ4v) is 3.22. The van der Waals surface area contributed by atoms with Gasteiger partial charge in [-0.3, -0.25) is 0 Å². The quantitative estimate of drug-likeness (QED) is 0.727. The van der Waals surface area contributed by atoms with E-state index in [1.807, 2.05) is 0 Å². The van der Waals surface area contributed by atoms with Gasteiger partial charge in [-0.05, 0) is 62.4 Å². The molecule has 2 saturated carbocycles. The molecule has 16 heavy (non-hydrogen) atoms. The zero-order valence-corrected chi connectivity index (χ0v) is 10.8. The Hall–Kier alpha value is -0.0800. The smallest absolute Gasteiger partial charge is 0.000783 e. The topological polar surface area (TPSA) is 38.0 Å². The Morgan fingerprint density at radius 2 is 1.88 bits per heavy atom. The largest absolute Gasteiger partial charge is 0.330 e. The highest BCUT2D eigenvalue weighted by molar-refractivity contribution is 4.93. The maximum Gasteiger partial charge on any atom is 0.000783 e. The van der Waals surface area contributed by atoms with E-state index in [1.54, 1.807) is 0 Å². The van der Waals surface area contributed by atoms with Gasteiger partial charge in [-0.15, -0.1) is 0 Å². The average molecular weight is 224 g/mol. The first-order chi connectivity index (χ1) is 7.79. The first kappa shape index (κ1) is 12.4. The molecule has 2 nitrogen and oxygen atoms in total. The Labute approximate surface area is 100 Å². The van der Waals surface area contributed by atoms with Crippen LogP contribution >= 0.6 is 0 Å². The van der Waals surface area contributed by atoms with E-state index in [0.29, 0.717) is 5.41 Å². The second-order valence-electron chi connectivity index (χ2n) is 6.02. The van der Waals surface area contributed by atoms with Crippen LogP contribution in [0.15, 0.2) is 0 Å². The second kappa shape index (κ2) is 5.50. The molecular weight excluding hydrogens is 196 g/mol. The van der Waals surface area contributed by atoms with Crippen LogP contribution in [0.25, 0.3) is 0 Å². The molecule has 2 fully saturated rings. The fourth-order valence-electron chi connectivity index (χ4n) is 3.22. The van der Waals surface area contributed by atoms with Crippen LogP contribution in [0.5, 0.6) is 0 Å². The lowest BCUT2D eigenvalue weighted by molar-refractivity contribution is 0.231. The Morgan fingerprint density at radius 3 is 2.44 bits per heavy atom. The van der Waals surface area contributed by atoms with Gasteiger partial charge in [-0.2, -0.15) is 0 Å². The Morgan fingerprint density at radius 1 is 1.19 bits per heavy atom. The zero-order valence-electron chi connectivity index (χ0n) is 10.8. The first-order valence-corrected chi connectivity index (χ1v) is 7.20. The van der Waals surface area contributed by atoms with Crippen molar-refractivity contribution in [3.63, 3.8) is 0 Å². The summed E-state index contributed by atoms with van der Waals surface area (Å²) in [5.74, 6) is 1.64. The molecule has 2 unspecified atom stereocenters. The number of nitrogens with one attached hydrogen (secondary N) is 1. The van der Waals surface area contributed by atoms with Crippen molar-refractivity contribution in [3.8, 4) is 0 Å². The normalized spacial score (nSPS) is 32.6. The van der Waals surface area contributed by atoms with Crippen molar-refractivity contribution in [3.05, 3.63) is 0 Å². The van der Waals surface area contributed by atoms with Crippen LogP contribution in [-0.4, -0.2) is 19.6 Å². The SMILES string of the molecule is CCC1(CNCC2CCCCC2CN)CC1. The number of nitrogens with two attached hydrogens (primary N) is 1. The predicted octanol–water partition coefficient (Wildman–Crippen LogP) is 2.53. The highest BCUT2D eigenvalue weighted by atomic mass is 14.9. The summed E-state index contributed by atoms with van der Waals surface area (Å²) in [5.41, 5.74) is 6.55. The van der Waals surface area contributed by atoms with Gasteiger partial charge in [0.15, 0.2) is 0 Å². The zero-order chi connectivity index (χ0) is 11.4. The Bertz CT molecular complexity index is 211. The molecular formula is C14H28N2. The van der Waals surface area contributed by atoms with E-state index >= 15 is 0 Å². The van der Waals surface area contributed by atoms with Gasteiger partial charge in [0.1, 0.15) is 0 Å². The van der Waals surface area contributed by atoms with Crippen molar-refractivity contribution >= 4 is 0 Å². The van der Waals surface area contributed by atoms with Gasteiger partial charge in [-0.1, -0.05) is 19.8 Å². The molecule has 0 aromatic heterocycles. The summed E-state index contributed by atoms with van der Waals surface area (Å²) in [6, 6.07) is 0. The van der Waals surface area contributed by atoms with E-state index in [2.05, 4.69) is 12.2 Å². The van der Waals surface area contributed by atoms with Gasteiger partial charge in [0.05, 0.1) is 0 Å². The number of rotatable bonds is 6. The van der Waals surface area contributed by atoms with Crippen LogP contribution in [0, 0.1) is 17.3 Å². The van der Waals surface area contributed by atoms with Crippen LogP contribution in [0.2, 0.25) is 0 Å². The summed E-state index contributed by atoms with van der Waals surface area (Å²) in [5, 5.41) is 3.72. The molecule has 2 aliphatic carbocycles. The van der Waals surface area contributed by atoms with Crippen LogP contribution < -0.4 is 11.1 Å². The van der Waals surface area contributed by atoms with Gasteiger partial charge in [0.2, 0.25) is 0 Å². The van der Waals surface area contributed by atoms with Crippen LogP contribution in [0.1, 0.15) is 51.9 Å². The van der Waals surface area contributed by atoms with Gasteiger partial charge < -0.3 is 11.1 Å². The highest BCUT2D eigenvalue weighted by Crippen LogP contribution is 2.47. The molecule has 3 N–H and O–H groups in total. The van der Waals surface area contributed by atoms with Crippen molar-refractivity contribution in [2.75, 3.05) is 19.6 Å². The predicted molar refractivity (Wildman–Crippen MR) is 69.3 cm³/mol. The summed E-state index contributed by atoms with van der Waals surface area (Å²) in [6.07, 6.45) is 9.82. The van der Waals surface area contributed by atoms with E-state index < -0.39 is 0 Å². The molecule has 0 heterocycles. The molecule has 0 amide bonds. The maximum atomic E-state index is 5.86.